The summed E-state index contributed by atoms with van der Waals surface area (Å²) in [7, 11) is 0. The van der Waals surface area contributed by atoms with Crippen LogP contribution in [0.25, 0.3) is 6.08 Å². The highest BCUT2D eigenvalue weighted by Gasteiger charge is 2.43. The minimum absolute atomic E-state index is 0.0264. The van der Waals surface area contributed by atoms with Crippen LogP contribution in [0.15, 0.2) is 11.0 Å². The first-order chi connectivity index (χ1) is 15.9. The van der Waals surface area contributed by atoms with Gasteiger partial charge in [0.1, 0.15) is 11.9 Å². The number of hydrogen-bond donors (Lipinski definition) is 3. The fraction of sp³-hybridized carbons (Fsp3) is 0.731. The lowest BCUT2D eigenvalue weighted by Crippen LogP contribution is -2.45. The van der Waals surface area contributed by atoms with Gasteiger partial charge >= 0.3 is 5.97 Å². The van der Waals surface area contributed by atoms with Gasteiger partial charge in [0.2, 0.25) is 0 Å². The van der Waals surface area contributed by atoms with Crippen LogP contribution >= 0.6 is 11.3 Å². The molecule has 1 aromatic rings. The Morgan fingerprint density at radius 2 is 1.94 bits per heavy atom. The summed E-state index contributed by atoms with van der Waals surface area (Å²) in [5, 5.41) is 28.1. The van der Waals surface area contributed by atoms with Gasteiger partial charge < -0.3 is 20.3 Å². The van der Waals surface area contributed by atoms with E-state index in [1.165, 1.54) is 0 Å². The minimum atomic E-state index is -1.21. The molecule has 0 spiro atoms. The molecular weight excluding hydrogens is 452 g/mol. The number of hydrogen-bond acceptors (Lipinski definition) is 8. The Labute approximate surface area is 207 Å². The zero-order chi connectivity index (χ0) is 25.2. The number of ketones is 1. The smallest absolute Gasteiger partial charge is 0.309 e. The second-order valence-corrected chi connectivity index (χ2v) is 11.8. The molecule has 190 valence electrons. The summed E-state index contributed by atoms with van der Waals surface area (Å²) in [6, 6.07) is 0.615. The summed E-state index contributed by atoms with van der Waals surface area (Å²) in [5.41, 5.74) is 0.567. The highest BCUT2D eigenvalue weighted by atomic mass is 32.1. The Morgan fingerprint density at radius 3 is 2.59 bits per heavy atom. The lowest BCUT2D eigenvalue weighted by Gasteiger charge is -2.34. The van der Waals surface area contributed by atoms with Crippen LogP contribution in [-0.4, -0.2) is 57.3 Å². The van der Waals surface area contributed by atoms with Gasteiger partial charge in [-0.1, -0.05) is 34.1 Å². The first-order valence-corrected chi connectivity index (χ1v) is 13.2. The van der Waals surface area contributed by atoms with Crippen LogP contribution in [-0.2, 0) is 14.3 Å². The van der Waals surface area contributed by atoms with Crippen molar-refractivity contribution in [2.45, 2.75) is 104 Å². The molecule has 34 heavy (non-hydrogen) atoms. The zero-order valence-electron chi connectivity index (χ0n) is 21.2. The van der Waals surface area contributed by atoms with Crippen LogP contribution in [0.2, 0.25) is 0 Å². The molecule has 3 N–H and O–H groups in total. The molecule has 7 atom stereocenters. The second-order valence-electron chi connectivity index (χ2n) is 10.8. The van der Waals surface area contributed by atoms with Crippen LogP contribution in [0, 0.1) is 24.2 Å². The summed E-state index contributed by atoms with van der Waals surface area (Å²) in [5.74, 6) is -1.43. The summed E-state index contributed by atoms with van der Waals surface area (Å²) in [6.07, 6.45) is 2.64. The number of carbonyl (C=O) groups is 2. The molecule has 2 fully saturated rings. The van der Waals surface area contributed by atoms with Crippen LogP contribution in [0.4, 0.5) is 0 Å². The molecule has 0 aliphatic carbocycles. The van der Waals surface area contributed by atoms with Crippen molar-refractivity contribution < 1.29 is 24.5 Å². The predicted octanol–water partition coefficient (Wildman–Crippen LogP) is 3.66. The molecule has 8 heteroatoms. The van der Waals surface area contributed by atoms with E-state index in [1.54, 1.807) is 32.1 Å². The number of nitrogens with one attached hydrogen (secondary N) is 1. The van der Waals surface area contributed by atoms with E-state index in [4.69, 9.17) is 4.74 Å². The van der Waals surface area contributed by atoms with E-state index in [1.807, 2.05) is 32.2 Å². The van der Waals surface area contributed by atoms with Gasteiger partial charge in [0, 0.05) is 29.8 Å². The lowest BCUT2D eigenvalue weighted by atomic mass is 9.73. The molecule has 0 amide bonds. The minimum Gasteiger partial charge on any atom is -0.458 e. The predicted molar refractivity (Wildman–Crippen MR) is 133 cm³/mol. The highest BCUT2D eigenvalue weighted by Crippen LogP contribution is 2.33. The van der Waals surface area contributed by atoms with Crippen LogP contribution in [0.5, 0.6) is 0 Å². The van der Waals surface area contributed by atoms with Gasteiger partial charge in [0.05, 0.1) is 34.7 Å². The number of nitrogens with zero attached hydrogens (tertiary/aromatic N) is 1. The molecule has 0 aromatic carbocycles. The number of aromatic nitrogens is 1. The van der Waals surface area contributed by atoms with Crippen molar-refractivity contribution in [2.24, 2.45) is 17.3 Å². The van der Waals surface area contributed by atoms with Gasteiger partial charge in [0.15, 0.2) is 0 Å². The maximum atomic E-state index is 13.2. The van der Waals surface area contributed by atoms with Gasteiger partial charge in [-0.15, -0.1) is 11.3 Å². The number of ether oxygens (including phenoxy) is 1. The molecule has 0 radical (unpaired) electrons. The average Bonchev–Trinajstić information content (AvgIpc) is 3.38. The van der Waals surface area contributed by atoms with Crippen molar-refractivity contribution in [3.05, 3.63) is 21.7 Å². The zero-order valence-corrected chi connectivity index (χ0v) is 22.0. The molecule has 3 rings (SSSR count). The molecule has 1 unspecified atom stereocenters. The molecule has 2 aliphatic rings. The quantitative estimate of drug-likeness (QED) is 0.426. The van der Waals surface area contributed by atoms with Gasteiger partial charge in [-0.2, -0.15) is 0 Å². The van der Waals surface area contributed by atoms with E-state index in [9.17, 15) is 19.8 Å². The normalized spacial score (nSPS) is 36.0. The largest absolute Gasteiger partial charge is 0.458 e. The summed E-state index contributed by atoms with van der Waals surface area (Å²) in [6.45, 7) is 10.8. The van der Waals surface area contributed by atoms with E-state index in [0.29, 0.717) is 12.5 Å². The number of cyclic esters (lactones) is 1. The van der Waals surface area contributed by atoms with E-state index in [-0.39, 0.29) is 24.2 Å². The number of aliphatic hydroxyl groups excluding tert-OH is 2. The van der Waals surface area contributed by atoms with Gasteiger partial charge in [-0.25, -0.2) is 4.98 Å². The molecule has 1 aromatic heterocycles. The summed E-state index contributed by atoms with van der Waals surface area (Å²) < 4.78 is 5.86. The van der Waals surface area contributed by atoms with Crippen molar-refractivity contribution in [1.82, 2.24) is 10.3 Å². The first kappa shape index (κ1) is 27.0. The van der Waals surface area contributed by atoms with Crippen LogP contribution in [0.3, 0.4) is 0 Å². The molecule has 7 nitrogen and oxygen atoms in total. The Hall–Kier alpha value is -1.61. The van der Waals surface area contributed by atoms with Crippen molar-refractivity contribution in [3.63, 3.8) is 0 Å². The number of esters is 1. The number of Topliss-reactive ketones (excluding diaryl/α,β-unsaturated/α-hetero) is 1. The summed E-state index contributed by atoms with van der Waals surface area (Å²) in [4.78, 5) is 30.5. The number of aryl methyl sites for hydroxylation is 1. The molecule has 0 bridgehead atoms. The number of carbonyl (C=O) groups excluding carboxylic acids is 2. The Kier molecular flexibility index (Phi) is 8.71. The monoisotopic (exact) mass is 492 g/mol. The van der Waals surface area contributed by atoms with Crippen LogP contribution in [0.1, 0.15) is 77.4 Å². The third-order valence-corrected chi connectivity index (χ3v) is 8.37. The lowest BCUT2D eigenvalue weighted by molar-refractivity contribution is -0.154. The Morgan fingerprint density at radius 1 is 1.24 bits per heavy atom. The fourth-order valence-corrected chi connectivity index (χ4v) is 5.49. The maximum Gasteiger partial charge on any atom is 0.309 e. The van der Waals surface area contributed by atoms with Crippen molar-refractivity contribution in [3.8, 4) is 0 Å². The van der Waals surface area contributed by atoms with Crippen molar-refractivity contribution in [2.75, 3.05) is 0 Å². The molecule has 2 saturated heterocycles. The van der Waals surface area contributed by atoms with Gasteiger partial charge in [0.25, 0.3) is 0 Å². The topological polar surface area (TPSA) is 119 Å². The highest BCUT2D eigenvalue weighted by molar-refractivity contribution is 7.09. The fourth-order valence-electron chi connectivity index (χ4n) is 4.92. The number of aliphatic hydroxyl groups is 2. The number of rotatable bonds is 2. The molecule has 3 heterocycles. The van der Waals surface area contributed by atoms with E-state index in [0.717, 1.165) is 35.5 Å². The standard InChI is InChI=1S/C26H40N2O5S/c1-14-8-7-9-19-20(28-19)11-21(15(2)10-18-13-34-17(4)27-18)33-23(30)12-22(29)26(5,6)25(32)16(3)24(14)31/h10,13-14,16,19-22,24,28-29,31H,7-9,11-12H2,1-6H3/b15-10+/t14-,16+,19+,20-,21?,22-,24-/m0/s1. The maximum absolute atomic E-state index is 13.2. The Bertz CT molecular complexity index is 911. The van der Waals surface area contributed by atoms with E-state index >= 15 is 0 Å². The van der Waals surface area contributed by atoms with E-state index in [2.05, 4.69) is 10.3 Å². The first-order valence-electron chi connectivity index (χ1n) is 12.4. The molecule has 0 saturated carbocycles. The van der Waals surface area contributed by atoms with Gasteiger partial charge in [-0.3, -0.25) is 9.59 Å². The van der Waals surface area contributed by atoms with Crippen molar-refractivity contribution in [1.29, 1.82) is 0 Å². The summed E-state index contributed by atoms with van der Waals surface area (Å²) >= 11 is 1.57. The second kappa shape index (κ2) is 11.0. The number of fused-ring (bicyclic) bond motifs is 1. The third-order valence-electron chi connectivity index (χ3n) is 7.58. The number of thiazole rings is 1. The third kappa shape index (κ3) is 6.53. The molecule has 2 aliphatic heterocycles. The Balaban J connectivity index is 1.81. The molecular formula is C26H40N2O5S. The van der Waals surface area contributed by atoms with E-state index < -0.39 is 35.6 Å². The van der Waals surface area contributed by atoms with Crippen molar-refractivity contribution >= 4 is 29.2 Å². The average molecular weight is 493 g/mol. The SMILES string of the molecule is C/C(=C\c1csc(C)n1)C1C[C@@H]2N[C@@H]2CCC[C@H](C)[C@H](O)[C@@H](C)C(=O)C(C)(C)[C@@H](O)CC(=O)O1. The van der Waals surface area contributed by atoms with Gasteiger partial charge in [-0.05, 0) is 44.3 Å². The van der Waals surface area contributed by atoms with Crippen LogP contribution < -0.4 is 5.32 Å².